The second-order valence-corrected chi connectivity index (χ2v) is 8.37. The monoisotopic (exact) mass is 459 g/mol. The first-order valence-electron chi connectivity index (χ1n) is 11.0. The lowest BCUT2D eigenvalue weighted by Crippen LogP contribution is -2.45. The van der Waals surface area contributed by atoms with Crippen LogP contribution in [0.3, 0.4) is 0 Å². The molecule has 2 N–H and O–H groups in total. The molecule has 1 atom stereocenters. The van der Waals surface area contributed by atoms with E-state index in [0.717, 1.165) is 30.6 Å². The van der Waals surface area contributed by atoms with Crippen molar-refractivity contribution in [1.82, 2.24) is 4.90 Å². The number of ether oxygens (including phenoxy) is 2. The van der Waals surface area contributed by atoms with Crippen molar-refractivity contribution in [1.29, 1.82) is 0 Å². The zero-order valence-electron chi connectivity index (χ0n) is 19.2. The summed E-state index contributed by atoms with van der Waals surface area (Å²) in [5, 5.41) is 4.03. The van der Waals surface area contributed by atoms with E-state index in [9.17, 15) is 4.79 Å². The van der Waals surface area contributed by atoms with Crippen molar-refractivity contribution in [2.24, 2.45) is 10.9 Å². The van der Waals surface area contributed by atoms with E-state index in [4.69, 9.17) is 26.9 Å². The second kappa shape index (κ2) is 13.8. The quantitative estimate of drug-likeness (QED) is 0.195. The van der Waals surface area contributed by atoms with Gasteiger partial charge in [0.1, 0.15) is 5.75 Å². The van der Waals surface area contributed by atoms with E-state index >= 15 is 0 Å². The summed E-state index contributed by atoms with van der Waals surface area (Å²) < 4.78 is 11.6. The van der Waals surface area contributed by atoms with Gasteiger partial charge in [0.15, 0.2) is 0 Å². The van der Waals surface area contributed by atoms with Gasteiger partial charge in [-0.25, -0.2) is 0 Å². The number of halogens is 1. The number of benzene rings is 2. The molecule has 0 radical (unpaired) electrons. The van der Waals surface area contributed by atoms with Gasteiger partial charge in [0.25, 0.3) is 5.91 Å². The number of hydrogen-bond donors (Lipinski definition) is 1. The van der Waals surface area contributed by atoms with Crippen molar-refractivity contribution < 1.29 is 14.3 Å². The summed E-state index contributed by atoms with van der Waals surface area (Å²) in [7, 11) is 0. The van der Waals surface area contributed by atoms with Crippen LogP contribution in [0.25, 0.3) is 0 Å². The van der Waals surface area contributed by atoms with Crippen molar-refractivity contribution in [2.75, 3.05) is 19.8 Å². The van der Waals surface area contributed by atoms with Crippen molar-refractivity contribution >= 4 is 23.7 Å². The van der Waals surface area contributed by atoms with Crippen LogP contribution in [-0.4, -0.2) is 48.9 Å². The van der Waals surface area contributed by atoms with Crippen molar-refractivity contribution in [3.8, 4) is 5.75 Å². The third kappa shape index (κ3) is 8.17. The summed E-state index contributed by atoms with van der Waals surface area (Å²) in [5.41, 5.74) is 1.46. The number of rotatable bonds is 13. The summed E-state index contributed by atoms with van der Waals surface area (Å²) in [5.74, 6) is 5.92. The summed E-state index contributed by atoms with van der Waals surface area (Å²) in [6.07, 6.45) is 4.37. The van der Waals surface area contributed by atoms with Gasteiger partial charge in [-0.2, -0.15) is 5.10 Å². The molecular weight excluding hydrogens is 426 g/mol. The van der Waals surface area contributed by atoms with Gasteiger partial charge in [0.2, 0.25) is 0 Å². The van der Waals surface area contributed by atoms with Crippen LogP contribution < -0.4 is 10.6 Å². The minimum Gasteiger partial charge on any atom is -0.494 e. The highest BCUT2D eigenvalue weighted by atomic mass is 35.5. The number of nitrogens with zero attached hydrogens (tertiary/aromatic N) is 2. The predicted octanol–water partition coefficient (Wildman–Crippen LogP) is 5.14. The average molecular weight is 460 g/mol. The van der Waals surface area contributed by atoms with E-state index in [1.807, 2.05) is 68.1 Å². The zero-order valence-corrected chi connectivity index (χ0v) is 19.9. The van der Waals surface area contributed by atoms with E-state index < -0.39 is 0 Å². The molecule has 0 aliphatic carbocycles. The molecule has 0 spiro atoms. The largest absolute Gasteiger partial charge is 0.494 e. The van der Waals surface area contributed by atoms with E-state index in [2.05, 4.69) is 5.10 Å². The Balaban J connectivity index is 1.64. The fraction of sp³-hybridized carbons (Fsp3) is 0.440. The fourth-order valence-electron chi connectivity index (χ4n) is 3.46. The second-order valence-electron chi connectivity index (χ2n) is 7.97. The van der Waals surface area contributed by atoms with Crippen LogP contribution in [0.2, 0.25) is 5.02 Å². The van der Waals surface area contributed by atoms with Crippen LogP contribution in [0.4, 0.5) is 0 Å². The van der Waals surface area contributed by atoms with Gasteiger partial charge in [0, 0.05) is 23.8 Å². The third-order valence-electron chi connectivity index (χ3n) is 5.03. The Labute approximate surface area is 196 Å². The number of amides is 1. The third-order valence-corrected chi connectivity index (χ3v) is 5.36. The molecule has 0 aliphatic rings. The van der Waals surface area contributed by atoms with E-state index in [-0.39, 0.29) is 18.0 Å². The number of hydrogen-bond acceptors (Lipinski definition) is 5. The summed E-state index contributed by atoms with van der Waals surface area (Å²) in [6.45, 7) is 7.89. The van der Waals surface area contributed by atoms with Gasteiger partial charge < -0.3 is 20.2 Å². The van der Waals surface area contributed by atoms with Crippen LogP contribution in [0, 0.1) is 0 Å². The maximum Gasteiger partial charge on any atom is 0.254 e. The van der Waals surface area contributed by atoms with Crippen LogP contribution in [-0.2, 0) is 4.74 Å². The zero-order chi connectivity index (χ0) is 23.3. The Hall–Kier alpha value is -2.57. The first-order valence-corrected chi connectivity index (χ1v) is 11.4. The first-order chi connectivity index (χ1) is 15.4. The minimum absolute atomic E-state index is 0.00285. The Morgan fingerprint density at radius 1 is 1.09 bits per heavy atom. The van der Waals surface area contributed by atoms with Crippen molar-refractivity contribution in [2.45, 2.75) is 52.1 Å². The highest BCUT2D eigenvalue weighted by molar-refractivity contribution is 6.33. The Kier molecular flexibility index (Phi) is 11.0. The number of carbonyl (C=O) groups excluding carboxylic acids is 1. The maximum absolute atomic E-state index is 12.9. The molecule has 0 heterocycles. The van der Waals surface area contributed by atoms with Gasteiger partial charge in [-0.05, 0) is 70.4 Å². The number of unbranched alkanes of at least 4 members (excludes halogenated alkanes) is 2. The lowest BCUT2D eigenvalue weighted by Gasteiger charge is -2.33. The summed E-state index contributed by atoms with van der Waals surface area (Å²) in [6, 6.07) is 14.9. The summed E-state index contributed by atoms with van der Waals surface area (Å²) >= 11 is 6.16. The van der Waals surface area contributed by atoms with Crippen LogP contribution in [0.1, 0.15) is 56.0 Å². The lowest BCUT2D eigenvalue weighted by molar-refractivity contribution is 0.0371. The van der Waals surface area contributed by atoms with Crippen LogP contribution in [0.15, 0.2) is 53.6 Å². The molecule has 1 unspecified atom stereocenters. The van der Waals surface area contributed by atoms with Gasteiger partial charge in [-0.15, -0.1) is 0 Å². The predicted molar refractivity (Wildman–Crippen MR) is 131 cm³/mol. The minimum atomic E-state index is 0.00285. The SMILES string of the molecule is CC(C)N(C(=O)c1ccccc1)C(C)COCCCCCOc1ccc(/C=N/N)c(Cl)c1. The number of hydrazone groups is 1. The molecule has 2 aromatic carbocycles. The van der Waals surface area contributed by atoms with Crippen molar-refractivity contribution in [3.63, 3.8) is 0 Å². The molecule has 6 nitrogen and oxygen atoms in total. The normalized spacial score (nSPS) is 12.3. The van der Waals surface area contributed by atoms with Crippen molar-refractivity contribution in [3.05, 3.63) is 64.7 Å². The average Bonchev–Trinajstić information content (AvgIpc) is 2.77. The molecule has 0 fully saturated rings. The molecule has 2 rings (SSSR count). The molecule has 7 heteroatoms. The number of carbonyl (C=O) groups is 1. The molecule has 0 bridgehead atoms. The fourth-order valence-corrected chi connectivity index (χ4v) is 3.68. The lowest BCUT2D eigenvalue weighted by atomic mass is 10.1. The highest BCUT2D eigenvalue weighted by Gasteiger charge is 2.24. The molecule has 0 saturated carbocycles. The van der Waals surface area contributed by atoms with E-state index in [0.29, 0.717) is 30.4 Å². The molecule has 0 aromatic heterocycles. The summed E-state index contributed by atoms with van der Waals surface area (Å²) in [4.78, 5) is 14.7. The van der Waals surface area contributed by atoms with Gasteiger partial charge in [0.05, 0.1) is 30.5 Å². The standard InChI is InChI=1S/C25H34ClN3O3/c1-19(2)29(25(30)21-10-6-4-7-11-21)20(3)18-31-14-8-5-9-15-32-23-13-12-22(17-28-27)24(26)16-23/h4,6-7,10-13,16-17,19-20H,5,8-9,14-15,18,27H2,1-3H3/b28-17+. The topological polar surface area (TPSA) is 77.2 Å². The maximum atomic E-state index is 12.9. The molecule has 2 aromatic rings. The Morgan fingerprint density at radius 3 is 2.47 bits per heavy atom. The van der Waals surface area contributed by atoms with E-state index in [1.165, 1.54) is 6.21 Å². The molecular formula is C25H34ClN3O3. The van der Waals surface area contributed by atoms with Crippen LogP contribution in [0.5, 0.6) is 5.75 Å². The molecule has 0 aliphatic heterocycles. The van der Waals surface area contributed by atoms with Gasteiger partial charge in [-0.1, -0.05) is 29.8 Å². The molecule has 1 amide bonds. The van der Waals surface area contributed by atoms with Crippen LogP contribution >= 0.6 is 11.6 Å². The van der Waals surface area contributed by atoms with Gasteiger partial charge >= 0.3 is 0 Å². The Morgan fingerprint density at radius 2 is 1.81 bits per heavy atom. The number of nitrogens with two attached hydrogens (primary N) is 1. The highest BCUT2D eigenvalue weighted by Crippen LogP contribution is 2.21. The van der Waals surface area contributed by atoms with Gasteiger partial charge in [-0.3, -0.25) is 4.79 Å². The Bertz CT molecular complexity index is 859. The molecule has 0 saturated heterocycles. The molecule has 174 valence electrons. The van der Waals surface area contributed by atoms with E-state index in [1.54, 1.807) is 6.07 Å². The molecule has 32 heavy (non-hydrogen) atoms. The first kappa shape index (κ1) is 25.7. The smallest absolute Gasteiger partial charge is 0.254 e.